The monoisotopic (exact) mass is 418 g/mol. The maximum absolute atomic E-state index is 12.8. The highest BCUT2D eigenvalue weighted by Crippen LogP contribution is 2.24. The first-order valence-electron chi connectivity index (χ1n) is 10.3. The molecule has 156 valence electrons. The summed E-state index contributed by atoms with van der Waals surface area (Å²) in [6.07, 6.45) is 1.57. The van der Waals surface area contributed by atoms with Crippen LogP contribution in [0.5, 0.6) is 5.75 Å². The molecule has 0 saturated carbocycles. The Kier molecular flexibility index (Phi) is 6.29. The number of rotatable bonds is 6. The van der Waals surface area contributed by atoms with Crippen LogP contribution in [0.25, 0.3) is 16.8 Å². The molecule has 1 N–H and O–H groups in total. The quantitative estimate of drug-likeness (QED) is 0.296. The topological polar surface area (TPSA) is 62.1 Å². The lowest BCUT2D eigenvalue weighted by atomic mass is 10.1. The van der Waals surface area contributed by atoms with Crippen molar-refractivity contribution in [2.24, 2.45) is 0 Å². The van der Waals surface area contributed by atoms with Gasteiger partial charge in [0, 0.05) is 11.1 Å². The molecule has 0 spiro atoms. The van der Waals surface area contributed by atoms with E-state index in [4.69, 9.17) is 4.74 Å². The largest absolute Gasteiger partial charge is 0.489 e. The molecule has 0 aliphatic carbocycles. The van der Waals surface area contributed by atoms with Crippen LogP contribution in [0.3, 0.4) is 0 Å². The van der Waals surface area contributed by atoms with Crippen molar-refractivity contribution in [2.45, 2.75) is 13.5 Å². The molecular weight excluding hydrogens is 396 g/mol. The third-order valence-electron chi connectivity index (χ3n) is 5.10. The van der Waals surface area contributed by atoms with Gasteiger partial charge in [-0.1, -0.05) is 78.4 Å². The first kappa shape index (κ1) is 20.9. The van der Waals surface area contributed by atoms with Crippen LogP contribution in [0.2, 0.25) is 0 Å². The molecule has 4 aromatic carbocycles. The van der Waals surface area contributed by atoms with Gasteiger partial charge in [-0.05, 0) is 47.7 Å². The van der Waals surface area contributed by atoms with E-state index in [9.17, 15) is 10.1 Å². The van der Waals surface area contributed by atoms with Crippen LogP contribution in [0.1, 0.15) is 16.7 Å². The molecule has 0 saturated heterocycles. The van der Waals surface area contributed by atoms with E-state index in [1.165, 1.54) is 5.56 Å². The third kappa shape index (κ3) is 5.03. The van der Waals surface area contributed by atoms with Gasteiger partial charge >= 0.3 is 0 Å². The van der Waals surface area contributed by atoms with E-state index in [2.05, 4.69) is 5.32 Å². The van der Waals surface area contributed by atoms with Gasteiger partial charge in [0.25, 0.3) is 5.91 Å². The van der Waals surface area contributed by atoms with Crippen molar-refractivity contribution >= 4 is 28.4 Å². The second-order valence-electron chi connectivity index (χ2n) is 7.50. The average molecular weight is 418 g/mol. The van der Waals surface area contributed by atoms with Crippen molar-refractivity contribution in [3.63, 3.8) is 0 Å². The predicted molar refractivity (Wildman–Crippen MR) is 128 cm³/mol. The summed E-state index contributed by atoms with van der Waals surface area (Å²) in [4.78, 5) is 12.8. The zero-order valence-corrected chi connectivity index (χ0v) is 17.7. The molecule has 0 bridgehead atoms. The third-order valence-corrected chi connectivity index (χ3v) is 5.10. The van der Waals surface area contributed by atoms with Gasteiger partial charge in [0.05, 0.1) is 0 Å². The first-order valence-corrected chi connectivity index (χ1v) is 10.3. The minimum atomic E-state index is -0.449. The predicted octanol–water partition coefficient (Wildman–Crippen LogP) is 6.27. The number of ether oxygens (including phenoxy) is 1. The maximum atomic E-state index is 12.8. The van der Waals surface area contributed by atoms with Crippen LogP contribution in [-0.2, 0) is 11.4 Å². The highest BCUT2D eigenvalue weighted by atomic mass is 16.5. The van der Waals surface area contributed by atoms with Gasteiger partial charge in [-0.2, -0.15) is 5.26 Å². The number of nitrogens with one attached hydrogen (secondary N) is 1. The Hall–Kier alpha value is -4.36. The first-order chi connectivity index (χ1) is 15.6. The second-order valence-corrected chi connectivity index (χ2v) is 7.50. The molecule has 0 unspecified atom stereocenters. The molecule has 0 radical (unpaired) electrons. The van der Waals surface area contributed by atoms with E-state index in [-0.39, 0.29) is 5.57 Å². The van der Waals surface area contributed by atoms with E-state index in [0.29, 0.717) is 18.0 Å². The van der Waals surface area contributed by atoms with Crippen molar-refractivity contribution in [1.82, 2.24) is 0 Å². The van der Waals surface area contributed by atoms with E-state index in [1.807, 2.05) is 104 Å². The summed E-state index contributed by atoms with van der Waals surface area (Å²) in [6.45, 7) is 2.49. The fourth-order valence-electron chi connectivity index (χ4n) is 3.38. The lowest BCUT2D eigenvalue weighted by Gasteiger charge is -2.09. The fourth-order valence-corrected chi connectivity index (χ4v) is 3.38. The summed E-state index contributed by atoms with van der Waals surface area (Å²) in [5, 5.41) is 14.4. The summed E-state index contributed by atoms with van der Waals surface area (Å²) in [5.41, 5.74) is 3.68. The molecule has 32 heavy (non-hydrogen) atoms. The van der Waals surface area contributed by atoms with E-state index in [0.717, 1.165) is 21.9 Å². The van der Waals surface area contributed by atoms with Gasteiger partial charge in [-0.25, -0.2) is 0 Å². The number of benzene rings is 4. The Balaban J connectivity index is 1.50. The molecule has 4 nitrogen and oxygen atoms in total. The number of hydrogen-bond donors (Lipinski definition) is 1. The SMILES string of the molecule is Cc1ccc(COc2cccc(/C=C(\C#N)C(=O)Nc3cccc4ccccc34)c2)cc1. The zero-order chi connectivity index (χ0) is 22.3. The molecule has 1 amide bonds. The molecule has 0 aromatic heterocycles. The van der Waals surface area contributed by atoms with Crippen LogP contribution in [0, 0.1) is 18.3 Å². The van der Waals surface area contributed by atoms with Gasteiger partial charge < -0.3 is 10.1 Å². The Morgan fingerprint density at radius 1 is 0.969 bits per heavy atom. The number of nitriles is 1. The van der Waals surface area contributed by atoms with Crippen LogP contribution < -0.4 is 10.1 Å². The number of carbonyl (C=O) groups excluding carboxylic acids is 1. The molecule has 4 heteroatoms. The number of aryl methyl sites for hydroxylation is 1. The normalized spacial score (nSPS) is 11.1. The number of anilines is 1. The highest BCUT2D eigenvalue weighted by molar-refractivity contribution is 6.12. The number of amides is 1. The summed E-state index contributed by atoms with van der Waals surface area (Å²) in [7, 11) is 0. The van der Waals surface area contributed by atoms with Crippen molar-refractivity contribution in [2.75, 3.05) is 5.32 Å². The Morgan fingerprint density at radius 3 is 2.53 bits per heavy atom. The summed E-state index contributed by atoms with van der Waals surface area (Å²) in [6, 6.07) is 31.0. The standard InChI is InChI=1S/C28H22N2O2/c1-20-12-14-21(15-13-20)19-32-25-9-4-6-22(17-25)16-24(18-29)28(31)30-27-11-5-8-23-7-2-3-10-26(23)27/h2-17H,19H2,1H3,(H,30,31)/b24-16+. The van der Waals surface area contributed by atoms with Gasteiger partial charge in [0.1, 0.15) is 24.0 Å². The molecule has 0 fully saturated rings. The number of hydrogen-bond acceptors (Lipinski definition) is 3. The Labute approximate surface area is 187 Å². The average Bonchev–Trinajstić information content (AvgIpc) is 2.82. The number of nitrogens with zero attached hydrogens (tertiary/aromatic N) is 1. The van der Waals surface area contributed by atoms with E-state index >= 15 is 0 Å². The summed E-state index contributed by atoms with van der Waals surface area (Å²) >= 11 is 0. The van der Waals surface area contributed by atoms with Crippen LogP contribution in [-0.4, -0.2) is 5.91 Å². The number of carbonyl (C=O) groups is 1. The second kappa shape index (κ2) is 9.63. The molecular formula is C28H22N2O2. The van der Waals surface area contributed by atoms with Gasteiger partial charge in [0.15, 0.2) is 0 Å². The fraction of sp³-hybridized carbons (Fsp3) is 0.0714. The summed E-state index contributed by atoms with van der Waals surface area (Å²) in [5.74, 6) is 0.223. The molecule has 4 aromatic rings. The van der Waals surface area contributed by atoms with Crippen molar-refractivity contribution < 1.29 is 9.53 Å². The Morgan fingerprint density at radius 2 is 1.72 bits per heavy atom. The molecule has 0 atom stereocenters. The van der Waals surface area contributed by atoms with E-state index in [1.54, 1.807) is 6.08 Å². The van der Waals surface area contributed by atoms with E-state index < -0.39 is 5.91 Å². The lowest BCUT2D eigenvalue weighted by molar-refractivity contribution is -0.112. The minimum Gasteiger partial charge on any atom is -0.489 e. The minimum absolute atomic E-state index is 0.0219. The maximum Gasteiger partial charge on any atom is 0.266 e. The van der Waals surface area contributed by atoms with Crippen LogP contribution >= 0.6 is 0 Å². The van der Waals surface area contributed by atoms with Crippen LogP contribution in [0.15, 0.2) is 96.6 Å². The molecule has 0 aliphatic rings. The Bertz CT molecular complexity index is 1330. The molecule has 0 aliphatic heterocycles. The number of fused-ring (bicyclic) bond motifs is 1. The van der Waals surface area contributed by atoms with Gasteiger partial charge in [0.2, 0.25) is 0 Å². The smallest absolute Gasteiger partial charge is 0.266 e. The van der Waals surface area contributed by atoms with Crippen molar-refractivity contribution in [1.29, 1.82) is 5.26 Å². The van der Waals surface area contributed by atoms with Crippen molar-refractivity contribution in [3.8, 4) is 11.8 Å². The van der Waals surface area contributed by atoms with Gasteiger partial charge in [-0.3, -0.25) is 4.79 Å². The van der Waals surface area contributed by atoms with Crippen LogP contribution in [0.4, 0.5) is 5.69 Å². The van der Waals surface area contributed by atoms with Crippen molar-refractivity contribution in [3.05, 3.63) is 113 Å². The summed E-state index contributed by atoms with van der Waals surface area (Å²) < 4.78 is 5.88. The zero-order valence-electron chi connectivity index (χ0n) is 17.7. The lowest BCUT2D eigenvalue weighted by Crippen LogP contribution is -2.13. The molecule has 0 heterocycles. The van der Waals surface area contributed by atoms with Gasteiger partial charge in [-0.15, -0.1) is 0 Å². The molecule has 4 rings (SSSR count). The highest BCUT2D eigenvalue weighted by Gasteiger charge is 2.11.